The van der Waals surface area contributed by atoms with Crippen LogP contribution >= 0.6 is 0 Å². The molecule has 1 amide bonds. The summed E-state index contributed by atoms with van der Waals surface area (Å²) in [7, 11) is 1.99. The molecule has 1 saturated heterocycles. The summed E-state index contributed by atoms with van der Waals surface area (Å²) >= 11 is 0. The van der Waals surface area contributed by atoms with Gasteiger partial charge in [-0.15, -0.1) is 0 Å². The van der Waals surface area contributed by atoms with Crippen LogP contribution in [0, 0.1) is 12.7 Å². The number of fused-ring (bicyclic) bond motifs is 1. The van der Waals surface area contributed by atoms with Gasteiger partial charge in [0, 0.05) is 47.9 Å². The van der Waals surface area contributed by atoms with E-state index in [1.807, 2.05) is 50.4 Å². The van der Waals surface area contributed by atoms with Gasteiger partial charge in [0.15, 0.2) is 0 Å². The maximum absolute atomic E-state index is 14.5. The molecular weight excluding hydrogens is 405 g/mol. The number of hydrogen-bond donors (Lipinski definition) is 2. The molecule has 2 aromatic heterocycles. The molecule has 2 atom stereocenters. The number of H-pyrrole nitrogens is 1. The van der Waals surface area contributed by atoms with Crippen LogP contribution < -0.4 is 5.32 Å². The van der Waals surface area contributed by atoms with Crippen LogP contribution in [0.2, 0.25) is 0 Å². The van der Waals surface area contributed by atoms with E-state index in [0.717, 1.165) is 22.2 Å². The number of nitrogens with zero attached hydrogens (tertiary/aromatic N) is 3. The number of hydrogen-bond acceptors (Lipinski definition) is 4. The van der Waals surface area contributed by atoms with Crippen LogP contribution in [0.15, 0.2) is 60.8 Å². The van der Waals surface area contributed by atoms with E-state index in [9.17, 15) is 9.18 Å². The highest BCUT2D eigenvalue weighted by Gasteiger charge is 2.35. The first-order chi connectivity index (χ1) is 15.5. The molecule has 0 unspecified atom stereocenters. The van der Waals surface area contributed by atoms with Crippen molar-refractivity contribution in [3.8, 4) is 11.3 Å². The lowest BCUT2D eigenvalue weighted by Crippen LogP contribution is -2.39. The molecule has 162 valence electrons. The van der Waals surface area contributed by atoms with E-state index >= 15 is 0 Å². The van der Waals surface area contributed by atoms with Gasteiger partial charge in [-0.05, 0) is 49.9 Å². The van der Waals surface area contributed by atoms with E-state index in [2.05, 4.69) is 25.4 Å². The number of likely N-dealkylation sites (N-methyl/N-ethyl adjacent to an activating group) is 1. The summed E-state index contributed by atoms with van der Waals surface area (Å²) in [6, 6.07) is 16.0. The molecule has 0 spiro atoms. The molecule has 3 heterocycles. The number of carbonyl (C=O) groups excluding carboxylic acids is 1. The number of halogens is 1. The van der Waals surface area contributed by atoms with Crippen molar-refractivity contribution in [2.45, 2.75) is 18.9 Å². The molecule has 2 N–H and O–H groups in total. The Morgan fingerprint density at radius 1 is 1.16 bits per heavy atom. The number of aromatic amines is 1. The fraction of sp³-hybridized carbons (Fsp3) is 0.240. The van der Waals surface area contributed by atoms with Gasteiger partial charge in [-0.1, -0.05) is 24.3 Å². The molecule has 1 aliphatic rings. The number of amides is 1. The van der Waals surface area contributed by atoms with Crippen molar-refractivity contribution < 1.29 is 9.18 Å². The smallest absolute Gasteiger partial charge is 0.252 e. The maximum atomic E-state index is 14.5. The van der Waals surface area contributed by atoms with Gasteiger partial charge in [-0.2, -0.15) is 5.10 Å². The molecule has 2 aromatic carbocycles. The summed E-state index contributed by atoms with van der Waals surface area (Å²) in [5.41, 5.74) is 4.46. The van der Waals surface area contributed by atoms with E-state index in [0.29, 0.717) is 29.9 Å². The first kappa shape index (κ1) is 20.3. The van der Waals surface area contributed by atoms with Crippen molar-refractivity contribution in [2.75, 3.05) is 20.1 Å². The predicted octanol–water partition coefficient (Wildman–Crippen LogP) is 3.90. The van der Waals surface area contributed by atoms with E-state index in [4.69, 9.17) is 0 Å². The average Bonchev–Trinajstić information content (AvgIpc) is 3.37. The molecule has 6 nitrogen and oxygen atoms in total. The average molecular weight is 429 g/mol. The minimum Gasteiger partial charge on any atom is -0.347 e. The molecule has 7 heteroatoms. The SMILES string of the molecule is Cc1cc(-c2n[nH]c3cccc(C(=O)N[C@@H]4CN(C)C[C@H]4c4ccccc4F)c23)ccn1. The zero-order chi connectivity index (χ0) is 22.2. The first-order valence-electron chi connectivity index (χ1n) is 10.6. The molecular formula is C25H24FN5O. The molecule has 0 aliphatic carbocycles. The standard InChI is InChI=1S/C25H24FN5O/c1-15-12-16(10-11-27-15)24-23-18(7-5-9-21(23)29-30-24)25(32)28-22-14-31(2)13-19(22)17-6-3-4-8-20(17)26/h3-12,19,22H,13-14H2,1-2H3,(H,28,32)(H,29,30)/t19-,22+/m0/s1. The Morgan fingerprint density at radius 2 is 2.00 bits per heavy atom. The molecule has 5 rings (SSSR count). The Balaban J connectivity index is 1.50. The van der Waals surface area contributed by atoms with Gasteiger partial charge >= 0.3 is 0 Å². The lowest BCUT2D eigenvalue weighted by atomic mass is 9.93. The lowest BCUT2D eigenvalue weighted by Gasteiger charge is -2.21. The molecule has 32 heavy (non-hydrogen) atoms. The van der Waals surface area contributed by atoms with Gasteiger partial charge in [0.25, 0.3) is 5.91 Å². The van der Waals surface area contributed by atoms with Crippen molar-refractivity contribution in [1.82, 2.24) is 25.4 Å². The van der Waals surface area contributed by atoms with E-state index in [1.165, 1.54) is 6.07 Å². The highest BCUT2D eigenvalue weighted by atomic mass is 19.1. The van der Waals surface area contributed by atoms with Crippen LogP contribution in [0.3, 0.4) is 0 Å². The van der Waals surface area contributed by atoms with Crippen LogP contribution in [-0.2, 0) is 0 Å². The minimum absolute atomic E-state index is 0.115. The van der Waals surface area contributed by atoms with Gasteiger partial charge in [-0.3, -0.25) is 14.9 Å². The molecule has 4 aromatic rings. The second-order valence-corrected chi connectivity index (χ2v) is 8.42. The fourth-order valence-electron chi connectivity index (χ4n) is 4.65. The quantitative estimate of drug-likeness (QED) is 0.516. The maximum Gasteiger partial charge on any atom is 0.252 e. The van der Waals surface area contributed by atoms with Crippen LogP contribution in [0.1, 0.15) is 27.5 Å². The number of rotatable bonds is 4. The first-order valence-corrected chi connectivity index (χ1v) is 10.6. The second kappa shape index (κ2) is 8.16. The predicted molar refractivity (Wildman–Crippen MR) is 122 cm³/mol. The van der Waals surface area contributed by atoms with Gasteiger partial charge in [-0.25, -0.2) is 4.39 Å². The molecule has 0 radical (unpaired) electrons. The number of benzene rings is 2. The molecule has 0 saturated carbocycles. The van der Waals surface area contributed by atoms with Crippen molar-refractivity contribution in [1.29, 1.82) is 0 Å². The van der Waals surface area contributed by atoms with Crippen molar-refractivity contribution in [3.63, 3.8) is 0 Å². The van der Waals surface area contributed by atoms with Gasteiger partial charge in [0.2, 0.25) is 0 Å². The number of aromatic nitrogens is 3. The Hall–Kier alpha value is -3.58. The van der Waals surface area contributed by atoms with E-state index in [-0.39, 0.29) is 23.7 Å². The topological polar surface area (TPSA) is 73.9 Å². The Labute approximate surface area is 185 Å². The van der Waals surface area contributed by atoms with E-state index < -0.39 is 0 Å². The summed E-state index contributed by atoms with van der Waals surface area (Å²) in [5, 5.41) is 11.5. The monoisotopic (exact) mass is 429 g/mol. The summed E-state index contributed by atoms with van der Waals surface area (Å²) < 4.78 is 14.5. The molecule has 1 fully saturated rings. The summed E-state index contributed by atoms with van der Waals surface area (Å²) in [4.78, 5) is 19.8. The third kappa shape index (κ3) is 3.65. The zero-order valence-corrected chi connectivity index (χ0v) is 18.0. The Bertz CT molecular complexity index is 1300. The summed E-state index contributed by atoms with van der Waals surface area (Å²) in [6.45, 7) is 3.26. The number of carbonyl (C=O) groups is 1. The van der Waals surface area contributed by atoms with Gasteiger partial charge < -0.3 is 10.2 Å². The Morgan fingerprint density at radius 3 is 2.81 bits per heavy atom. The number of pyridine rings is 1. The van der Waals surface area contributed by atoms with Crippen LogP contribution in [0.25, 0.3) is 22.2 Å². The normalized spacial score (nSPS) is 18.8. The minimum atomic E-state index is -0.237. The second-order valence-electron chi connectivity index (χ2n) is 8.42. The highest BCUT2D eigenvalue weighted by Crippen LogP contribution is 2.31. The van der Waals surface area contributed by atoms with Gasteiger partial charge in [0.05, 0.1) is 11.1 Å². The lowest BCUT2D eigenvalue weighted by molar-refractivity contribution is 0.0937. The molecule has 1 aliphatic heterocycles. The largest absolute Gasteiger partial charge is 0.347 e. The van der Waals surface area contributed by atoms with E-state index in [1.54, 1.807) is 18.3 Å². The number of likely N-dealkylation sites (tertiary alicyclic amines) is 1. The van der Waals surface area contributed by atoms with Gasteiger partial charge in [0.1, 0.15) is 11.5 Å². The van der Waals surface area contributed by atoms with Crippen LogP contribution in [0.4, 0.5) is 4.39 Å². The van der Waals surface area contributed by atoms with Crippen molar-refractivity contribution in [2.24, 2.45) is 0 Å². The summed E-state index contributed by atoms with van der Waals surface area (Å²) in [6.07, 6.45) is 1.74. The van der Waals surface area contributed by atoms with Crippen LogP contribution in [-0.4, -0.2) is 52.2 Å². The zero-order valence-electron chi connectivity index (χ0n) is 18.0. The highest BCUT2D eigenvalue weighted by molar-refractivity contribution is 6.11. The molecule has 0 bridgehead atoms. The van der Waals surface area contributed by atoms with Crippen LogP contribution in [0.5, 0.6) is 0 Å². The van der Waals surface area contributed by atoms with Crippen molar-refractivity contribution in [3.05, 3.63) is 83.4 Å². The fourth-order valence-corrected chi connectivity index (χ4v) is 4.65. The third-order valence-corrected chi connectivity index (χ3v) is 6.13. The summed E-state index contributed by atoms with van der Waals surface area (Å²) in [5.74, 6) is -0.541. The Kier molecular flexibility index (Phi) is 5.19. The third-order valence-electron chi connectivity index (χ3n) is 6.13. The number of nitrogens with one attached hydrogen (secondary N) is 2. The number of aryl methyl sites for hydroxylation is 1. The van der Waals surface area contributed by atoms with Crippen molar-refractivity contribution >= 4 is 16.8 Å².